The van der Waals surface area contributed by atoms with Crippen molar-refractivity contribution in [3.63, 3.8) is 0 Å². The van der Waals surface area contributed by atoms with Crippen molar-refractivity contribution in [1.82, 2.24) is 5.32 Å². The van der Waals surface area contributed by atoms with Crippen LogP contribution < -0.4 is 5.32 Å². The third-order valence-electron chi connectivity index (χ3n) is 2.67. The highest BCUT2D eigenvalue weighted by Gasteiger charge is 2.29. The summed E-state index contributed by atoms with van der Waals surface area (Å²) in [5, 5.41) is 2.96. The van der Waals surface area contributed by atoms with Crippen LogP contribution in [-0.2, 0) is 11.3 Å². The van der Waals surface area contributed by atoms with Crippen LogP contribution in [0.3, 0.4) is 0 Å². The number of nitrogens with one attached hydrogen (secondary N) is 1. The molecule has 0 radical (unpaired) electrons. The Balaban J connectivity index is 1.98. The van der Waals surface area contributed by atoms with E-state index < -0.39 is 0 Å². The van der Waals surface area contributed by atoms with Gasteiger partial charge in [-0.05, 0) is 30.9 Å². The number of benzene rings is 1. The van der Waals surface area contributed by atoms with Crippen LogP contribution in [0.4, 0.5) is 0 Å². The summed E-state index contributed by atoms with van der Waals surface area (Å²) in [4.78, 5) is 11.4. The van der Waals surface area contributed by atoms with Crippen molar-refractivity contribution in [1.29, 1.82) is 0 Å². The molecule has 1 amide bonds. The van der Waals surface area contributed by atoms with Crippen molar-refractivity contribution in [2.24, 2.45) is 5.92 Å². The first kappa shape index (κ1) is 10.7. The summed E-state index contributed by atoms with van der Waals surface area (Å²) in [6.07, 6.45) is 2.11. The largest absolute Gasteiger partial charge is 0.352 e. The molecule has 1 N–H and O–H groups in total. The van der Waals surface area contributed by atoms with Crippen LogP contribution in [0, 0.1) is 12.8 Å². The first-order valence-electron chi connectivity index (χ1n) is 5.20. The van der Waals surface area contributed by atoms with Gasteiger partial charge >= 0.3 is 0 Å². The molecule has 1 aliphatic carbocycles. The van der Waals surface area contributed by atoms with E-state index >= 15 is 0 Å². The van der Waals surface area contributed by atoms with Crippen LogP contribution in [0.15, 0.2) is 22.7 Å². The van der Waals surface area contributed by atoms with Gasteiger partial charge in [0, 0.05) is 16.9 Å². The topological polar surface area (TPSA) is 29.1 Å². The first-order valence-corrected chi connectivity index (χ1v) is 5.99. The number of carbonyl (C=O) groups is 1. The Hall–Kier alpha value is -0.830. The lowest BCUT2D eigenvalue weighted by Crippen LogP contribution is -2.24. The Morgan fingerprint density at radius 2 is 2.27 bits per heavy atom. The Morgan fingerprint density at radius 3 is 2.93 bits per heavy atom. The van der Waals surface area contributed by atoms with E-state index in [-0.39, 0.29) is 11.8 Å². The number of hydrogen-bond acceptors (Lipinski definition) is 1. The second-order valence-electron chi connectivity index (χ2n) is 4.04. The predicted molar refractivity (Wildman–Crippen MR) is 63.4 cm³/mol. The molecule has 0 unspecified atom stereocenters. The summed E-state index contributed by atoms with van der Waals surface area (Å²) in [5.74, 6) is 0.483. The van der Waals surface area contributed by atoms with Gasteiger partial charge in [0.2, 0.25) is 5.91 Å². The second kappa shape index (κ2) is 4.35. The summed E-state index contributed by atoms with van der Waals surface area (Å²) in [5.41, 5.74) is 2.34. The minimum Gasteiger partial charge on any atom is -0.352 e. The summed E-state index contributed by atoms with van der Waals surface area (Å²) in [7, 11) is 0. The number of aryl methyl sites for hydroxylation is 1. The molecule has 0 atom stereocenters. The van der Waals surface area contributed by atoms with E-state index in [2.05, 4.69) is 34.2 Å². The zero-order chi connectivity index (χ0) is 10.8. The van der Waals surface area contributed by atoms with E-state index in [9.17, 15) is 4.79 Å². The molecule has 1 fully saturated rings. The van der Waals surface area contributed by atoms with Crippen molar-refractivity contribution >= 4 is 21.8 Å². The van der Waals surface area contributed by atoms with Crippen LogP contribution in [-0.4, -0.2) is 5.91 Å². The molecule has 1 aliphatic rings. The Bertz CT molecular complexity index is 385. The maximum Gasteiger partial charge on any atom is 0.223 e. The second-order valence-corrected chi connectivity index (χ2v) is 4.83. The van der Waals surface area contributed by atoms with Gasteiger partial charge in [-0.15, -0.1) is 0 Å². The Morgan fingerprint density at radius 1 is 1.53 bits per heavy atom. The van der Waals surface area contributed by atoms with Gasteiger partial charge in [0.05, 0.1) is 0 Å². The highest BCUT2D eigenvalue weighted by Crippen LogP contribution is 2.29. The van der Waals surface area contributed by atoms with Crippen molar-refractivity contribution < 1.29 is 4.79 Å². The molecule has 0 saturated heterocycles. The van der Waals surface area contributed by atoms with Crippen molar-refractivity contribution in [2.75, 3.05) is 0 Å². The van der Waals surface area contributed by atoms with Gasteiger partial charge in [0.1, 0.15) is 0 Å². The summed E-state index contributed by atoms with van der Waals surface area (Å²) < 4.78 is 1.10. The summed E-state index contributed by atoms with van der Waals surface area (Å²) in [6, 6.07) is 6.10. The third kappa shape index (κ3) is 2.59. The molecule has 2 rings (SSSR count). The highest BCUT2D eigenvalue weighted by molar-refractivity contribution is 9.10. The smallest absolute Gasteiger partial charge is 0.223 e. The van der Waals surface area contributed by atoms with Crippen LogP contribution in [0.2, 0.25) is 0 Å². The van der Waals surface area contributed by atoms with Crippen molar-refractivity contribution in [2.45, 2.75) is 26.3 Å². The van der Waals surface area contributed by atoms with E-state index in [0.717, 1.165) is 22.9 Å². The molecule has 1 saturated carbocycles. The van der Waals surface area contributed by atoms with E-state index in [1.807, 2.05) is 12.1 Å². The molecule has 0 heterocycles. The van der Waals surface area contributed by atoms with E-state index in [4.69, 9.17) is 0 Å². The molecule has 2 nitrogen and oxygen atoms in total. The number of amides is 1. The first-order chi connectivity index (χ1) is 7.18. The lowest BCUT2D eigenvalue weighted by Gasteiger charge is -2.08. The summed E-state index contributed by atoms with van der Waals surface area (Å²) >= 11 is 3.53. The van der Waals surface area contributed by atoms with Gasteiger partial charge in [-0.3, -0.25) is 4.79 Å². The molecule has 0 spiro atoms. The number of rotatable bonds is 3. The molecule has 80 valence electrons. The standard InChI is InChI=1S/C12H14BrNO/c1-8-3-2-4-10(11(8)13)7-14-12(15)9-5-6-9/h2-4,9H,5-7H2,1H3,(H,14,15). The molecule has 0 bridgehead atoms. The lowest BCUT2D eigenvalue weighted by atomic mass is 10.1. The Kier molecular flexibility index (Phi) is 3.10. The monoisotopic (exact) mass is 267 g/mol. The van der Waals surface area contributed by atoms with Crippen molar-refractivity contribution in [3.05, 3.63) is 33.8 Å². The minimum absolute atomic E-state index is 0.198. The zero-order valence-corrected chi connectivity index (χ0v) is 10.3. The molecule has 1 aromatic rings. The fraction of sp³-hybridized carbons (Fsp3) is 0.417. The highest BCUT2D eigenvalue weighted by atomic mass is 79.9. The van der Waals surface area contributed by atoms with Gasteiger partial charge in [-0.2, -0.15) is 0 Å². The van der Waals surface area contributed by atoms with Gasteiger partial charge in [0.25, 0.3) is 0 Å². The van der Waals surface area contributed by atoms with E-state index in [0.29, 0.717) is 6.54 Å². The van der Waals surface area contributed by atoms with Gasteiger partial charge in [-0.1, -0.05) is 34.1 Å². The third-order valence-corrected chi connectivity index (χ3v) is 3.81. The van der Waals surface area contributed by atoms with E-state index in [1.165, 1.54) is 5.56 Å². The number of halogens is 1. The molecular weight excluding hydrogens is 254 g/mol. The molecule has 15 heavy (non-hydrogen) atoms. The summed E-state index contributed by atoms with van der Waals surface area (Å²) in [6.45, 7) is 2.67. The van der Waals surface area contributed by atoms with Gasteiger partial charge in [0.15, 0.2) is 0 Å². The average molecular weight is 268 g/mol. The lowest BCUT2D eigenvalue weighted by molar-refractivity contribution is -0.122. The maximum atomic E-state index is 11.4. The maximum absolute atomic E-state index is 11.4. The fourth-order valence-electron chi connectivity index (χ4n) is 1.52. The SMILES string of the molecule is Cc1cccc(CNC(=O)C2CC2)c1Br. The number of hydrogen-bond donors (Lipinski definition) is 1. The molecule has 0 aromatic heterocycles. The van der Waals surface area contributed by atoms with Crippen LogP contribution in [0.5, 0.6) is 0 Å². The van der Waals surface area contributed by atoms with Gasteiger partial charge < -0.3 is 5.32 Å². The van der Waals surface area contributed by atoms with Crippen LogP contribution in [0.25, 0.3) is 0 Å². The number of carbonyl (C=O) groups excluding carboxylic acids is 1. The quantitative estimate of drug-likeness (QED) is 0.897. The zero-order valence-electron chi connectivity index (χ0n) is 8.72. The van der Waals surface area contributed by atoms with Crippen molar-refractivity contribution in [3.8, 4) is 0 Å². The fourth-order valence-corrected chi connectivity index (χ4v) is 1.92. The Labute approximate surface area is 98.2 Å². The predicted octanol–water partition coefficient (Wildman–Crippen LogP) is 2.78. The van der Waals surface area contributed by atoms with E-state index in [1.54, 1.807) is 0 Å². The molecule has 0 aliphatic heterocycles. The average Bonchev–Trinajstić information content (AvgIpc) is 3.03. The minimum atomic E-state index is 0.198. The molecular formula is C12H14BrNO. The van der Waals surface area contributed by atoms with Crippen LogP contribution in [0.1, 0.15) is 24.0 Å². The normalized spacial score (nSPS) is 15.1. The van der Waals surface area contributed by atoms with Gasteiger partial charge in [-0.25, -0.2) is 0 Å². The molecule has 1 aromatic carbocycles. The van der Waals surface area contributed by atoms with Crippen LogP contribution >= 0.6 is 15.9 Å². The molecule has 3 heteroatoms.